The lowest BCUT2D eigenvalue weighted by molar-refractivity contribution is -0.0264. The molecule has 0 aromatic heterocycles. The molecule has 0 saturated heterocycles. The summed E-state index contributed by atoms with van der Waals surface area (Å²) in [5.74, 6) is -1.74. The van der Waals surface area contributed by atoms with Gasteiger partial charge in [0.15, 0.2) is 0 Å². The van der Waals surface area contributed by atoms with Gasteiger partial charge in [0.2, 0.25) is 0 Å². The van der Waals surface area contributed by atoms with Crippen LogP contribution < -0.4 is 0 Å². The van der Waals surface area contributed by atoms with Gasteiger partial charge in [-0.1, -0.05) is 0 Å². The predicted molar refractivity (Wildman–Crippen MR) is 49.9 cm³/mol. The highest BCUT2D eigenvalue weighted by Crippen LogP contribution is 2.33. The van der Waals surface area contributed by atoms with Crippen molar-refractivity contribution < 1.29 is 22.6 Å². The second kappa shape index (κ2) is 4.08. The normalized spacial score (nSPS) is 17.0. The van der Waals surface area contributed by atoms with Crippen LogP contribution in [0.4, 0.5) is 13.2 Å². The summed E-state index contributed by atoms with van der Waals surface area (Å²) in [6.45, 7) is 1.17. The lowest BCUT2D eigenvalue weighted by atomic mass is 10.0. The van der Waals surface area contributed by atoms with Gasteiger partial charge in [0.05, 0.1) is 0 Å². The van der Waals surface area contributed by atoms with E-state index >= 15 is 0 Å². The maximum Gasteiger partial charge on any atom is 0.266 e. The summed E-state index contributed by atoms with van der Waals surface area (Å²) in [6.07, 6.45) is -0.0814. The van der Waals surface area contributed by atoms with E-state index in [9.17, 15) is 13.2 Å². The van der Waals surface area contributed by atoms with Gasteiger partial charge in [0.1, 0.15) is 30.3 Å². The van der Waals surface area contributed by atoms with Crippen LogP contribution in [0.1, 0.15) is 30.5 Å². The molecule has 1 heterocycles. The van der Waals surface area contributed by atoms with Gasteiger partial charge >= 0.3 is 0 Å². The highest BCUT2D eigenvalue weighted by molar-refractivity contribution is 5.32. The Morgan fingerprint density at radius 1 is 1.19 bits per heavy atom. The van der Waals surface area contributed by atoms with Gasteiger partial charge in [-0.05, 0) is 13.0 Å². The third-order valence-electron chi connectivity index (χ3n) is 2.24. The zero-order valence-electron chi connectivity index (χ0n) is 8.41. The predicted octanol–water partition coefficient (Wildman–Crippen LogP) is 3.51. The van der Waals surface area contributed by atoms with Gasteiger partial charge in [-0.25, -0.2) is 13.2 Å². The minimum atomic E-state index is -1.57. The molecule has 16 heavy (non-hydrogen) atoms. The largest absolute Gasteiger partial charge is 0.455 e. The SMILES string of the molecule is CC(F)c1c(F)cc(F)cc1C1OC=CO1. The molecule has 1 aromatic rings. The molecule has 0 spiro atoms. The maximum atomic E-state index is 13.4. The Morgan fingerprint density at radius 3 is 2.38 bits per heavy atom. The first-order valence-electron chi connectivity index (χ1n) is 4.68. The Balaban J connectivity index is 2.48. The number of alkyl halides is 1. The van der Waals surface area contributed by atoms with Gasteiger partial charge in [0, 0.05) is 17.2 Å². The second-order valence-electron chi connectivity index (χ2n) is 3.38. The van der Waals surface area contributed by atoms with Gasteiger partial charge in [-0.2, -0.15) is 0 Å². The van der Waals surface area contributed by atoms with Crippen molar-refractivity contribution in [1.82, 2.24) is 0 Å². The summed E-state index contributed by atoms with van der Waals surface area (Å²) in [5, 5.41) is 0. The smallest absolute Gasteiger partial charge is 0.266 e. The monoisotopic (exact) mass is 230 g/mol. The molecule has 2 rings (SSSR count). The Labute approximate surface area is 90.3 Å². The Hall–Kier alpha value is -1.65. The summed E-state index contributed by atoms with van der Waals surface area (Å²) >= 11 is 0. The number of halogens is 3. The topological polar surface area (TPSA) is 18.5 Å². The summed E-state index contributed by atoms with van der Waals surface area (Å²) in [7, 11) is 0. The van der Waals surface area contributed by atoms with Crippen LogP contribution >= 0.6 is 0 Å². The van der Waals surface area contributed by atoms with E-state index in [2.05, 4.69) is 0 Å². The molecular formula is C11H9F3O2. The molecule has 2 nitrogen and oxygen atoms in total. The third-order valence-corrected chi connectivity index (χ3v) is 2.24. The van der Waals surface area contributed by atoms with E-state index in [1.165, 1.54) is 19.4 Å². The molecule has 5 heteroatoms. The number of hydrogen-bond donors (Lipinski definition) is 0. The molecule has 0 aliphatic carbocycles. The molecule has 1 aliphatic rings. The van der Waals surface area contributed by atoms with E-state index in [4.69, 9.17) is 9.47 Å². The number of ether oxygens (including phenoxy) is 2. The lowest BCUT2D eigenvalue weighted by Gasteiger charge is -2.16. The zero-order chi connectivity index (χ0) is 11.7. The van der Waals surface area contributed by atoms with Gasteiger partial charge in [-0.15, -0.1) is 0 Å². The van der Waals surface area contributed by atoms with E-state index < -0.39 is 24.1 Å². The van der Waals surface area contributed by atoms with Crippen molar-refractivity contribution in [2.24, 2.45) is 0 Å². The van der Waals surface area contributed by atoms with Crippen LogP contribution in [0.3, 0.4) is 0 Å². The third kappa shape index (κ3) is 1.85. The second-order valence-corrected chi connectivity index (χ2v) is 3.38. The van der Waals surface area contributed by atoms with E-state index in [1.807, 2.05) is 0 Å². The van der Waals surface area contributed by atoms with Crippen molar-refractivity contribution in [2.75, 3.05) is 0 Å². The first kappa shape index (κ1) is 10.9. The zero-order valence-corrected chi connectivity index (χ0v) is 8.41. The van der Waals surface area contributed by atoms with E-state index in [-0.39, 0.29) is 11.1 Å². The van der Waals surface area contributed by atoms with Crippen molar-refractivity contribution in [2.45, 2.75) is 19.4 Å². The fourth-order valence-corrected chi connectivity index (χ4v) is 1.60. The molecule has 0 bridgehead atoms. The van der Waals surface area contributed by atoms with Crippen LogP contribution in [0.5, 0.6) is 0 Å². The van der Waals surface area contributed by atoms with Crippen molar-refractivity contribution in [1.29, 1.82) is 0 Å². The minimum absolute atomic E-state index is 0.0255. The van der Waals surface area contributed by atoms with Crippen molar-refractivity contribution in [3.05, 3.63) is 47.4 Å². The van der Waals surface area contributed by atoms with Crippen molar-refractivity contribution in [3.63, 3.8) is 0 Å². The molecule has 1 aliphatic heterocycles. The first-order valence-corrected chi connectivity index (χ1v) is 4.68. The fraction of sp³-hybridized carbons (Fsp3) is 0.273. The summed E-state index contributed by atoms with van der Waals surface area (Å²) in [6, 6.07) is 1.64. The minimum Gasteiger partial charge on any atom is -0.455 e. The first-order chi connectivity index (χ1) is 7.59. The van der Waals surface area contributed by atoms with Crippen LogP contribution in [-0.2, 0) is 9.47 Å². The van der Waals surface area contributed by atoms with Crippen molar-refractivity contribution in [3.8, 4) is 0 Å². The lowest BCUT2D eigenvalue weighted by Crippen LogP contribution is -2.07. The average Bonchev–Trinajstić information content (AvgIpc) is 2.67. The van der Waals surface area contributed by atoms with Crippen LogP contribution in [-0.4, -0.2) is 0 Å². The Bertz CT molecular complexity index is 421. The van der Waals surface area contributed by atoms with Gasteiger partial charge in [-0.3, -0.25) is 0 Å². The standard InChI is InChI=1S/C11H9F3O2/c1-6(12)10-8(11-15-2-3-16-11)4-7(13)5-9(10)14/h2-6,11H,1H3. The molecule has 0 saturated carbocycles. The summed E-state index contributed by atoms with van der Waals surface area (Å²) in [5.41, 5.74) is -0.215. The number of benzene rings is 1. The number of rotatable bonds is 2. The van der Waals surface area contributed by atoms with Gasteiger partial charge in [0.25, 0.3) is 6.29 Å². The molecule has 0 amide bonds. The highest BCUT2D eigenvalue weighted by atomic mass is 19.1. The molecular weight excluding hydrogens is 221 g/mol. The maximum absolute atomic E-state index is 13.4. The average molecular weight is 230 g/mol. The van der Waals surface area contributed by atoms with E-state index in [0.717, 1.165) is 6.07 Å². The quantitative estimate of drug-likeness (QED) is 0.773. The van der Waals surface area contributed by atoms with E-state index in [0.29, 0.717) is 6.07 Å². The molecule has 1 atom stereocenters. The van der Waals surface area contributed by atoms with Crippen LogP contribution in [0.25, 0.3) is 0 Å². The van der Waals surface area contributed by atoms with Crippen LogP contribution in [0.15, 0.2) is 24.7 Å². The highest BCUT2D eigenvalue weighted by Gasteiger charge is 2.26. The van der Waals surface area contributed by atoms with E-state index in [1.54, 1.807) is 0 Å². The Kier molecular flexibility index (Phi) is 2.77. The molecule has 1 aromatic carbocycles. The van der Waals surface area contributed by atoms with Crippen LogP contribution in [0, 0.1) is 11.6 Å². The summed E-state index contributed by atoms with van der Waals surface area (Å²) in [4.78, 5) is 0. The fourth-order valence-electron chi connectivity index (χ4n) is 1.60. The Morgan fingerprint density at radius 2 is 1.81 bits per heavy atom. The van der Waals surface area contributed by atoms with Crippen molar-refractivity contribution >= 4 is 0 Å². The molecule has 0 fully saturated rings. The summed E-state index contributed by atoms with van der Waals surface area (Å²) < 4.78 is 49.6. The van der Waals surface area contributed by atoms with Gasteiger partial charge < -0.3 is 9.47 Å². The molecule has 86 valence electrons. The number of hydrogen-bond acceptors (Lipinski definition) is 2. The molecule has 0 radical (unpaired) electrons. The molecule has 0 N–H and O–H groups in total. The van der Waals surface area contributed by atoms with Crippen LogP contribution in [0.2, 0.25) is 0 Å². The molecule has 1 unspecified atom stereocenters.